The van der Waals surface area contributed by atoms with Gasteiger partial charge in [-0.2, -0.15) is 0 Å². The molecule has 6 nitrogen and oxygen atoms in total. The zero-order chi connectivity index (χ0) is 17.6. The number of fused-ring (bicyclic) bond motifs is 3. The van der Waals surface area contributed by atoms with Crippen molar-refractivity contribution in [3.05, 3.63) is 76.2 Å². The predicted molar refractivity (Wildman–Crippen MR) is 94.3 cm³/mol. The third-order valence-electron chi connectivity index (χ3n) is 4.85. The fourth-order valence-electron chi connectivity index (χ4n) is 3.64. The van der Waals surface area contributed by atoms with Gasteiger partial charge in [-0.15, -0.1) is 0 Å². The van der Waals surface area contributed by atoms with Gasteiger partial charge in [0.1, 0.15) is 6.17 Å². The molecule has 4 rings (SSSR count). The Bertz CT molecular complexity index is 904. The third kappa shape index (κ3) is 2.25. The molecule has 2 atom stereocenters. The number of hydrogen-bond donors (Lipinski definition) is 0. The van der Waals surface area contributed by atoms with E-state index in [-0.39, 0.29) is 35.0 Å². The molecular weight excluding hydrogens is 318 g/mol. The van der Waals surface area contributed by atoms with Gasteiger partial charge in [-0.05, 0) is 18.1 Å². The lowest BCUT2D eigenvalue weighted by Crippen LogP contribution is -2.61. The highest BCUT2D eigenvalue weighted by Gasteiger charge is 2.41. The van der Waals surface area contributed by atoms with E-state index >= 15 is 0 Å². The molecule has 0 bridgehead atoms. The van der Waals surface area contributed by atoms with Gasteiger partial charge in [-0.3, -0.25) is 19.3 Å². The second-order valence-corrected chi connectivity index (χ2v) is 6.21. The molecule has 128 valence electrons. The molecule has 2 aliphatic heterocycles. The number of hydrogen-bond acceptors (Lipinski definition) is 4. The van der Waals surface area contributed by atoms with Crippen molar-refractivity contribution in [3.8, 4) is 5.75 Å². The number of methoxy groups -OCH3 is 1. The molecule has 3 heterocycles. The summed E-state index contributed by atoms with van der Waals surface area (Å²) in [7, 11) is 3.17. The Labute approximate surface area is 145 Å². The molecule has 1 aromatic carbocycles. The Morgan fingerprint density at radius 2 is 1.88 bits per heavy atom. The smallest absolute Gasteiger partial charge is 0.278 e. The Balaban J connectivity index is 1.94. The maximum absolute atomic E-state index is 12.9. The first-order chi connectivity index (χ1) is 12.1. The number of benzene rings is 1. The van der Waals surface area contributed by atoms with Gasteiger partial charge in [0.2, 0.25) is 5.43 Å². The van der Waals surface area contributed by atoms with Crippen LogP contribution in [-0.4, -0.2) is 35.8 Å². The second kappa shape index (κ2) is 5.81. The van der Waals surface area contributed by atoms with E-state index in [1.54, 1.807) is 22.8 Å². The zero-order valence-electron chi connectivity index (χ0n) is 14.1. The Morgan fingerprint density at radius 3 is 2.60 bits per heavy atom. The fraction of sp³-hybridized carbons (Fsp3) is 0.263. The number of carbonyl (C=O) groups is 1. The van der Waals surface area contributed by atoms with Crippen LogP contribution in [0.4, 0.5) is 0 Å². The van der Waals surface area contributed by atoms with Crippen molar-refractivity contribution in [2.24, 2.45) is 0 Å². The number of carbonyl (C=O) groups excluding carboxylic acids is 1. The molecule has 2 aromatic rings. The minimum Gasteiger partial charge on any atom is -0.491 e. The molecule has 0 radical (unpaired) electrons. The molecule has 25 heavy (non-hydrogen) atoms. The monoisotopic (exact) mass is 337 g/mol. The van der Waals surface area contributed by atoms with Crippen molar-refractivity contribution in [1.29, 1.82) is 0 Å². The van der Waals surface area contributed by atoms with Gasteiger partial charge in [0.25, 0.3) is 5.91 Å². The minimum absolute atomic E-state index is 0.0534. The number of rotatable bonds is 2. The molecule has 0 unspecified atom stereocenters. The Morgan fingerprint density at radius 1 is 1.12 bits per heavy atom. The van der Waals surface area contributed by atoms with E-state index in [1.807, 2.05) is 24.3 Å². The van der Waals surface area contributed by atoms with Gasteiger partial charge in [-0.25, -0.2) is 0 Å². The molecule has 0 saturated heterocycles. The van der Waals surface area contributed by atoms with Crippen LogP contribution in [0.1, 0.15) is 28.5 Å². The number of likely N-dealkylation sites (N-methyl/N-ethyl adjacent to an activating group) is 1. The van der Waals surface area contributed by atoms with Crippen LogP contribution in [0.15, 0.2) is 59.5 Å². The number of amides is 1. The lowest BCUT2D eigenvalue weighted by atomic mass is 9.98. The standard InChI is InChI=1S/C19H19N3O3/c1-20-16-10-6-9-14(13-7-4-3-5-8-13)22(16)21-12-11-15(23)18(25-2)17(21)19(20)24/h3-8,10-12,14,16H,9H2,1-2H3/t14-,16+/m0/s1. The van der Waals surface area contributed by atoms with Gasteiger partial charge in [-0.1, -0.05) is 36.4 Å². The van der Waals surface area contributed by atoms with Crippen LogP contribution in [0, 0.1) is 0 Å². The SMILES string of the molecule is COc1c2n(ccc1=O)N1[C@H](C=CC[C@H]1c1ccccc1)N(C)C2=O. The molecule has 0 N–H and O–H groups in total. The first-order valence-electron chi connectivity index (χ1n) is 8.20. The van der Waals surface area contributed by atoms with E-state index in [9.17, 15) is 9.59 Å². The van der Waals surface area contributed by atoms with Crippen molar-refractivity contribution in [2.75, 3.05) is 19.2 Å². The average Bonchev–Trinajstić information content (AvgIpc) is 2.66. The fourth-order valence-corrected chi connectivity index (χ4v) is 3.64. The average molecular weight is 337 g/mol. The van der Waals surface area contributed by atoms with Gasteiger partial charge >= 0.3 is 0 Å². The van der Waals surface area contributed by atoms with Crippen LogP contribution in [0.3, 0.4) is 0 Å². The van der Waals surface area contributed by atoms with Gasteiger partial charge < -0.3 is 9.64 Å². The molecule has 2 aliphatic rings. The number of aromatic nitrogens is 1. The topological polar surface area (TPSA) is 54.8 Å². The van der Waals surface area contributed by atoms with Crippen LogP contribution in [0.25, 0.3) is 0 Å². The van der Waals surface area contributed by atoms with Crippen molar-refractivity contribution in [2.45, 2.75) is 18.6 Å². The summed E-state index contributed by atoms with van der Waals surface area (Å²) >= 11 is 0. The van der Waals surface area contributed by atoms with Crippen molar-refractivity contribution < 1.29 is 9.53 Å². The Hall–Kier alpha value is -3.02. The highest BCUT2D eigenvalue weighted by Crippen LogP contribution is 2.35. The van der Waals surface area contributed by atoms with Gasteiger partial charge in [0.05, 0.1) is 13.2 Å². The molecule has 0 aliphatic carbocycles. The quantitative estimate of drug-likeness (QED) is 0.786. The third-order valence-corrected chi connectivity index (χ3v) is 4.85. The summed E-state index contributed by atoms with van der Waals surface area (Å²) in [5, 5.41) is 2.12. The normalized spacial score (nSPS) is 21.8. The summed E-state index contributed by atoms with van der Waals surface area (Å²) < 4.78 is 7.03. The molecule has 0 spiro atoms. The second-order valence-electron chi connectivity index (χ2n) is 6.21. The predicted octanol–water partition coefficient (Wildman–Crippen LogP) is 1.91. The van der Waals surface area contributed by atoms with Crippen LogP contribution in [-0.2, 0) is 0 Å². The highest BCUT2D eigenvalue weighted by atomic mass is 16.5. The Kier molecular flexibility index (Phi) is 3.60. The van der Waals surface area contributed by atoms with Crippen LogP contribution in [0.5, 0.6) is 5.75 Å². The van der Waals surface area contributed by atoms with Gasteiger partial charge in [0, 0.05) is 19.3 Å². The lowest BCUT2D eigenvalue weighted by molar-refractivity contribution is 0.0654. The molecular formula is C19H19N3O3. The summed E-state index contributed by atoms with van der Waals surface area (Å²) in [4.78, 5) is 26.7. The molecule has 1 amide bonds. The van der Waals surface area contributed by atoms with E-state index in [2.05, 4.69) is 23.2 Å². The van der Waals surface area contributed by atoms with E-state index in [0.29, 0.717) is 0 Å². The van der Waals surface area contributed by atoms with E-state index in [1.165, 1.54) is 13.2 Å². The summed E-state index contributed by atoms with van der Waals surface area (Å²) in [5.74, 6) is -0.145. The van der Waals surface area contributed by atoms with Gasteiger partial charge in [0.15, 0.2) is 11.4 Å². The van der Waals surface area contributed by atoms with Crippen LogP contribution in [0.2, 0.25) is 0 Å². The maximum Gasteiger partial charge on any atom is 0.278 e. The highest BCUT2D eigenvalue weighted by molar-refractivity contribution is 5.96. The number of ether oxygens (including phenoxy) is 1. The maximum atomic E-state index is 12.9. The molecule has 0 saturated carbocycles. The zero-order valence-corrected chi connectivity index (χ0v) is 14.1. The van der Waals surface area contributed by atoms with Crippen molar-refractivity contribution in [1.82, 2.24) is 9.58 Å². The summed E-state index contributed by atoms with van der Waals surface area (Å²) in [6.07, 6.45) is 6.38. The molecule has 1 aromatic heterocycles. The lowest BCUT2D eigenvalue weighted by Gasteiger charge is -2.49. The molecule has 6 heteroatoms. The largest absolute Gasteiger partial charge is 0.491 e. The van der Waals surface area contributed by atoms with Crippen LogP contribution >= 0.6 is 0 Å². The van der Waals surface area contributed by atoms with Crippen molar-refractivity contribution in [3.63, 3.8) is 0 Å². The summed E-state index contributed by atoms with van der Waals surface area (Å²) in [6, 6.07) is 11.7. The van der Waals surface area contributed by atoms with Crippen molar-refractivity contribution >= 4 is 5.91 Å². The van der Waals surface area contributed by atoms with Crippen LogP contribution < -0.4 is 15.2 Å². The first kappa shape index (κ1) is 15.5. The summed E-state index contributed by atoms with van der Waals surface area (Å²) in [5.41, 5.74) is 1.13. The number of pyridine rings is 1. The van der Waals surface area contributed by atoms with E-state index in [0.717, 1.165) is 12.0 Å². The minimum atomic E-state index is -0.294. The summed E-state index contributed by atoms with van der Waals surface area (Å²) in [6.45, 7) is 0. The first-order valence-corrected chi connectivity index (χ1v) is 8.20. The molecule has 0 fully saturated rings. The van der Waals surface area contributed by atoms with E-state index in [4.69, 9.17) is 4.74 Å². The van der Waals surface area contributed by atoms with E-state index < -0.39 is 0 Å². The number of nitrogens with zero attached hydrogens (tertiary/aromatic N) is 3.